The maximum absolute atomic E-state index is 12.2. The van der Waals surface area contributed by atoms with Crippen LogP contribution in [0.4, 0.5) is 23.0 Å². The average molecular weight is 520 g/mol. The molecule has 2 aromatic carbocycles. The molecule has 0 radical (unpaired) electrons. The van der Waals surface area contributed by atoms with Crippen LogP contribution in [0.15, 0.2) is 60.9 Å². The number of benzene rings is 2. The molecular weight excluding hydrogens is 486 g/mol. The molecule has 0 saturated carbocycles. The molecule has 0 amide bonds. The Hall–Kier alpha value is -3.63. The van der Waals surface area contributed by atoms with Gasteiger partial charge in [0.2, 0.25) is 16.0 Å². The predicted octanol–water partition coefficient (Wildman–Crippen LogP) is 3.85. The van der Waals surface area contributed by atoms with Gasteiger partial charge >= 0.3 is 0 Å². The fraction of sp³-hybridized carbons (Fsp3) is 0.333. The lowest BCUT2D eigenvalue weighted by molar-refractivity contribution is 0.506. The van der Waals surface area contributed by atoms with Gasteiger partial charge in [0.25, 0.3) is 0 Å². The first kappa shape index (κ1) is 25.0. The van der Waals surface area contributed by atoms with Gasteiger partial charge < -0.3 is 20.5 Å². The fourth-order valence-corrected chi connectivity index (χ4v) is 5.33. The third-order valence-electron chi connectivity index (χ3n) is 6.86. The molecule has 1 aliphatic rings. The van der Waals surface area contributed by atoms with Gasteiger partial charge in [-0.05, 0) is 61.7 Å². The van der Waals surface area contributed by atoms with Crippen molar-refractivity contribution in [1.29, 1.82) is 0 Å². The zero-order valence-corrected chi connectivity index (χ0v) is 22.2. The molecule has 4 aromatic rings. The number of fused-ring (bicyclic) bond motifs is 1. The van der Waals surface area contributed by atoms with Crippen LogP contribution >= 0.6 is 0 Å². The second kappa shape index (κ2) is 10.0. The summed E-state index contributed by atoms with van der Waals surface area (Å²) in [6, 6.07) is 16.2. The Bertz CT molecular complexity index is 1520. The Morgan fingerprint density at radius 1 is 1.16 bits per heavy atom. The van der Waals surface area contributed by atoms with Gasteiger partial charge in [0.1, 0.15) is 5.65 Å². The van der Waals surface area contributed by atoms with Crippen molar-refractivity contribution in [2.45, 2.75) is 32.4 Å². The SMILES string of the molecule is Cc1ccc(N(C)S(C)(=O)=O)c(Cn2ccc3cnc(Nc4ccc(N5CCCC(N)C5)cc4)nc32)c1. The molecule has 1 saturated heterocycles. The second-order valence-electron chi connectivity index (χ2n) is 9.80. The topological polar surface area (TPSA) is 109 Å². The van der Waals surface area contributed by atoms with Crippen LogP contribution in [-0.2, 0) is 16.6 Å². The number of piperidine rings is 1. The van der Waals surface area contributed by atoms with Crippen molar-refractivity contribution in [1.82, 2.24) is 14.5 Å². The van der Waals surface area contributed by atoms with E-state index in [-0.39, 0.29) is 6.04 Å². The summed E-state index contributed by atoms with van der Waals surface area (Å²) in [4.78, 5) is 11.6. The van der Waals surface area contributed by atoms with Gasteiger partial charge in [-0.25, -0.2) is 13.4 Å². The Labute approximate surface area is 218 Å². The van der Waals surface area contributed by atoms with Crippen LogP contribution in [-0.4, -0.2) is 55.4 Å². The predicted molar refractivity (Wildman–Crippen MR) is 150 cm³/mol. The van der Waals surface area contributed by atoms with Gasteiger partial charge in [0, 0.05) is 55.3 Å². The molecule has 37 heavy (non-hydrogen) atoms. The number of sulfonamides is 1. The summed E-state index contributed by atoms with van der Waals surface area (Å²) < 4.78 is 27.7. The number of nitrogens with one attached hydrogen (secondary N) is 1. The van der Waals surface area contributed by atoms with Crippen molar-refractivity contribution in [3.63, 3.8) is 0 Å². The molecule has 10 heteroatoms. The Morgan fingerprint density at radius 2 is 1.95 bits per heavy atom. The number of aryl methyl sites for hydroxylation is 1. The summed E-state index contributed by atoms with van der Waals surface area (Å²) in [5.41, 5.74) is 11.6. The van der Waals surface area contributed by atoms with E-state index in [2.05, 4.69) is 27.3 Å². The highest BCUT2D eigenvalue weighted by molar-refractivity contribution is 7.92. The molecular formula is C27H33N7O2S. The Morgan fingerprint density at radius 3 is 2.68 bits per heavy atom. The van der Waals surface area contributed by atoms with Crippen molar-refractivity contribution in [3.8, 4) is 0 Å². The van der Waals surface area contributed by atoms with Crippen molar-refractivity contribution in [2.75, 3.05) is 40.9 Å². The van der Waals surface area contributed by atoms with Crippen LogP contribution in [0.1, 0.15) is 24.0 Å². The quantitative estimate of drug-likeness (QED) is 0.382. The van der Waals surface area contributed by atoms with Gasteiger partial charge in [-0.15, -0.1) is 0 Å². The van der Waals surface area contributed by atoms with Crippen LogP contribution < -0.4 is 20.3 Å². The number of aromatic nitrogens is 3. The van der Waals surface area contributed by atoms with Gasteiger partial charge in [-0.1, -0.05) is 17.7 Å². The van der Waals surface area contributed by atoms with Gasteiger partial charge in [-0.3, -0.25) is 4.31 Å². The minimum Gasteiger partial charge on any atom is -0.370 e. The lowest BCUT2D eigenvalue weighted by Gasteiger charge is -2.32. The lowest BCUT2D eigenvalue weighted by atomic mass is 10.1. The second-order valence-corrected chi connectivity index (χ2v) is 11.8. The molecule has 5 rings (SSSR count). The summed E-state index contributed by atoms with van der Waals surface area (Å²) >= 11 is 0. The summed E-state index contributed by atoms with van der Waals surface area (Å²) in [6.07, 6.45) is 7.15. The van der Waals surface area contributed by atoms with Crippen molar-refractivity contribution >= 4 is 44.1 Å². The largest absolute Gasteiger partial charge is 0.370 e. The van der Waals surface area contributed by atoms with E-state index < -0.39 is 10.0 Å². The van der Waals surface area contributed by atoms with E-state index in [0.717, 1.165) is 53.8 Å². The molecule has 194 valence electrons. The molecule has 1 unspecified atom stereocenters. The van der Waals surface area contributed by atoms with Crippen LogP contribution in [0, 0.1) is 6.92 Å². The van der Waals surface area contributed by atoms with E-state index in [1.54, 1.807) is 13.2 Å². The van der Waals surface area contributed by atoms with Crippen LogP contribution in [0.25, 0.3) is 11.0 Å². The van der Waals surface area contributed by atoms with Crippen molar-refractivity contribution in [3.05, 3.63) is 72.1 Å². The third kappa shape index (κ3) is 5.55. The number of nitrogens with two attached hydrogens (primary N) is 1. The van der Waals surface area contributed by atoms with Crippen molar-refractivity contribution < 1.29 is 8.42 Å². The summed E-state index contributed by atoms with van der Waals surface area (Å²) in [7, 11) is -1.81. The zero-order valence-electron chi connectivity index (χ0n) is 21.4. The zero-order chi connectivity index (χ0) is 26.2. The molecule has 3 N–H and O–H groups in total. The summed E-state index contributed by atoms with van der Waals surface area (Å²) in [5.74, 6) is 0.498. The Kier molecular flexibility index (Phi) is 6.78. The minimum atomic E-state index is -3.39. The highest BCUT2D eigenvalue weighted by Gasteiger charge is 2.18. The van der Waals surface area contributed by atoms with E-state index in [1.165, 1.54) is 16.2 Å². The maximum Gasteiger partial charge on any atom is 0.232 e. The van der Waals surface area contributed by atoms with E-state index in [9.17, 15) is 8.42 Å². The first-order valence-corrected chi connectivity index (χ1v) is 14.2. The number of hydrogen-bond donors (Lipinski definition) is 2. The molecule has 0 bridgehead atoms. The number of nitrogens with zero attached hydrogens (tertiary/aromatic N) is 5. The standard InChI is InChI=1S/C27H33N7O2S/c1-19-6-11-25(32(2)37(3,35)36)21(15-19)17-34-14-12-20-16-29-27(31-26(20)34)30-23-7-9-24(10-8-23)33-13-4-5-22(28)18-33/h6-12,14-16,22H,4-5,13,17-18,28H2,1-3H3,(H,29,30,31). The molecule has 3 heterocycles. The number of rotatable bonds is 7. The normalized spacial score (nSPS) is 16.2. The maximum atomic E-state index is 12.2. The average Bonchev–Trinajstić information content (AvgIpc) is 3.25. The summed E-state index contributed by atoms with van der Waals surface area (Å²) in [6.45, 7) is 4.38. The molecule has 1 aliphatic heterocycles. The molecule has 1 atom stereocenters. The number of anilines is 4. The lowest BCUT2D eigenvalue weighted by Crippen LogP contribution is -2.42. The highest BCUT2D eigenvalue weighted by atomic mass is 32.2. The van der Waals surface area contributed by atoms with E-state index >= 15 is 0 Å². The highest BCUT2D eigenvalue weighted by Crippen LogP contribution is 2.27. The minimum absolute atomic E-state index is 0.227. The van der Waals surface area contributed by atoms with E-state index in [0.29, 0.717) is 18.2 Å². The Balaban J connectivity index is 1.38. The fourth-order valence-electron chi connectivity index (χ4n) is 4.80. The molecule has 2 aromatic heterocycles. The van der Waals surface area contributed by atoms with Gasteiger partial charge in [0.05, 0.1) is 18.5 Å². The first-order valence-electron chi connectivity index (χ1n) is 12.4. The van der Waals surface area contributed by atoms with Crippen LogP contribution in [0.5, 0.6) is 0 Å². The smallest absolute Gasteiger partial charge is 0.232 e. The van der Waals surface area contributed by atoms with Crippen molar-refractivity contribution in [2.24, 2.45) is 5.73 Å². The molecule has 0 spiro atoms. The molecule has 9 nitrogen and oxygen atoms in total. The summed E-state index contributed by atoms with van der Waals surface area (Å²) in [5, 5.41) is 4.22. The molecule has 1 fully saturated rings. The van der Waals surface area contributed by atoms with Gasteiger partial charge in [0.15, 0.2) is 0 Å². The first-order chi connectivity index (χ1) is 17.7. The van der Waals surface area contributed by atoms with Crippen LogP contribution in [0.2, 0.25) is 0 Å². The third-order valence-corrected chi connectivity index (χ3v) is 8.05. The number of hydrogen-bond acceptors (Lipinski definition) is 7. The van der Waals surface area contributed by atoms with E-state index in [1.807, 2.05) is 54.1 Å². The van der Waals surface area contributed by atoms with Gasteiger partial charge in [-0.2, -0.15) is 4.98 Å². The molecule has 0 aliphatic carbocycles. The van der Waals surface area contributed by atoms with E-state index in [4.69, 9.17) is 10.7 Å². The van der Waals surface area contributed by atoms with Crippen LogP contribution in [0.3, 0.4) is 0 Å². The monoisotopic (exact) mass is 519 g/mol.